The molecule has 2 fully saturated rings. The molecular formula is C28H34N6O. The van der Waals surface area contributed by atoms with Gasteiger partial charge in [0.15, 0.2) is 0 Å². The summed E-state index contributed by atoms with van der Waals surface area (Å²) in [5.74, 6) is 1.51. The summed E-state index contributed by atoms with van der Waals surface area (Å²) in [5.41, 5.74) is 10.1. The molecule has 0 atom stereocenters. The van der Waals surface area contributed by atoms with Gasteiger partial charge in [-0.05, 0) is 73.1 Å². The van der Waals surface area contributed by atoms with Crippen molar-refractivity contribution >= 4 is 17.4 Å². The van der Waals surface area contributed by atoms with E-state index in [1.807, 2.05) is 47.6 Å². The Bertz CT molecular complexity index is 1120. The van der Waals surface area contributed by atoms with Crippen LogP contribution >= 0.6 is 0 Å². The molecule has 7 heteroatoms. The molecule has 5 rings (SSSR count). The molecule has 0 aliphatic carbocycles. The molecule has 0 bridgehead atoms. The molecule has 0 radical (unpaired) electrons. The summed E-state index contributed by atoms with van der Waals surface area (Å²) in [5, 5.41) is 3.65. The number of nitrogens with two attached hydrogens (primary N) is 1. The maximum Gasteiger partial charge on any atom is 0.254 e. The van der Waals surface area contributed by atoms with Crippen molar-refractivity contribution in [3.8, 4) is 0 Å². The largest absolute Gasteiger partial charge is 0.398 e. The van der Waals surface area contributed by atoms with E-state index in [1.54, 1.807) is 6.20 Å². The van der Waals surface area contributed by atoms with Crippen molar-refractivity contribution in [2.75, 3.05) is 36.8 Å². The zero-order chi connectivity index (χ0) is 24.0. The van der Waals surface area contributed by atoms with Gasteiger partial charge in [-0.2, -0.15) is 0 Å². The average molecular weight is 471 g/mol. The number of aromatic nitrogens is 2. The molecule has 182 valence electrons. The van der Waals surface area contributed by atoms with Crippen molar-refractivity contribution in [2.45, 2.75) is 44.2 Å². The Morgan fingerprint density at radius 2 is 1.69 bits per heavy atom. The smallest absolute Gasteiger partial charge is 0.254 e. The quantitative estimate of drug-likeness (QED) is 0.533. The Morgan fingerprint density at radius 3 is 2.43 bits per heavy atom. The number of para-hydroxylation sites is 1. The van der Waals surface area contributed by atoms with Crippen LogP contribution in [-0.4, -0.2) is 53.0 Å². The third-order valence-corrected chi connectivity index (χ3v) is 7.41. The third-order valence-electron chi connectivity index (χ3n) is 7.41. The van der Waals surface area contributed by atoms with E-state index in [4.69, 9.17) is 5.73 Å². The van der Waals surface area contributed by atoms with Gasteiger partial charge >= 0.3 is 0 Å². The zero-order valence-electron chi connectivity index (χ0n) is 20.1. The van der Waals surface area contributed by atoms with Gasteiger partial charge in [0.05, 0.1) is 0 Å². The van der Waals surface area contributed by atoms with Gasteiger partial charge in [0, 0.05) is 68.6 Å². The molecule has 2 saturated heterocycles. The maximum atomic E-state index is 13.2. The summed E-state index contributed by atoms with van der Waals surface area (Å²) in [4.78, 5) is 26.2. The second-order valence-corrected chi connectivity index (χ2v) is 9.59. The van der Waals surface area contributed by atoms with Gasteiger partial charge in [0.25, 0.3) is 5.91 Å². The van der Waals surface area contributed by atoms with Crippen LogP contribution < -0.4 is 16.0 Å². The number of pyridine rings is 2. The molecule has 2 aromatic heterocycles. The Hall–Kier alpha value is -3.45. The SMILES string of the molecule is Nc1ccccc1CNC1CCN(c2cc(C(=O)N3CCC(c4ccncc4)CC3)ccn2)CC1. The fourth-order valence-corrected chi connectivity index (χ4v) is 5.22. The van der Waals surface area contributed by atoms with Crippen molar-refractivity contribution in [3.05, 3.63) is 83.8 Å². The van der Waals surface area contributed by atoms with Crippen LogP contribution in [0.25, 0.3) is 0 Å². The first-order valence-corrected chi connectivity index (χ1v) is 12.6. The summed E-state index contributed by atoms with van der Waals surface area (Å²) < 4.78 is 0. The summed E-state index contributed by atoms with van der Waals surface area (Å²) >= 11 is 0. The molecule has 1 aromatic carbocycles. The fourth-order valence-electron chi connectivity index (χ4n) is 5.22. The first-order valence-electron chi connectivity index (χ1n) is 12.6. The molecule has 3 N–H and O–H groups in total. The Kier molecular flexibility index (Phi) is 7.23. The highest BCUT2D eigenvalue weighted by molar-refractivity contribution is 5.95. The molecular weight excluding hydrogens is 436 g/mol. The van der Waals surface area contributed by atoms with E-state index in [1.165, 1.54) is 5.56 Å². The molecule has 7 nitrogen and oxygen atoms in total. The number of anilines is 2. The number of amides is 1. The van der Waals surface area contributed by atoms with Gasteiger partial charge in [-0.1, -0.05) is 18.2 Å². The number of rotatable bonds is 6. The molecule has 4 heterocycles. The van der Waals surface area contributed by atoms with Gasteiger partial charge in [0.1, 0.15) is 5.82 Å². The first-order chi connectivity index (χ1) is 17.2. The molecule has 2 aliphatic heterocycles. The topological polar surface area (TPSA) is 87.4 Å². The summed E-state index contributed by atoms with van der Waals surface area (Å²) in [6.45, 7) is 4.20. The summed E-state index contributed by atoms with van der Waals surface area (Å²) in [6, 6.07) is 16.5. The predicted molar refractivity (Wildman–Crippen MR) is 139 cm³/mol. The number of carbonyl (C=O) groups excluding carboxylic acids is 1. The highest BCUT2D eigenvalue weighted by Gasteiger charge is 2.26. The second-order valence-electron chi connectivity index (χ2n) is 9.59. The number of nitrogen functional groups attached to an aromatic ring is 1. The first kappa shape index (κ1) is 23.3. The van der Waals surface area contributed by atoms with Gasteiger partial charge in [-0.15, -0.1) is 0 Å². The number of nitrogens with one attached hydrogen (secondary N) is 1. The number of benzene rings is 1. The van der Waals surface area contributed by atoms with Crippen molar-refractivity contribution < 1.29 is 4.79 Å². The van der Waals surface area contributed by atoms with Crippen molar-refractivity contribution in [2.24, 2.45) is 0 Å². The molecule has 0 unspecified atom stereocenters. The van der Waals surface area contributed by atoms with Crippen LogP contribution in [0.5, 0.6) is 0 Å². The number of piperidine rings is 2. The molecule has 35 heavy (non-hydrogen) atoms. The van der Waals surface area contributed by atoms with Gasteiger partial charge in [-0.25, -0.2) is 4.98 Å². The van der Waals surface area contributed by atoms with Crippen molar-refractivity contribution in [3.63, 3.8) is 0 Å². The van der Waals surface area contributed by atoms with E-state index >= 15 is 0 Å². The zero-order valence-corrected chi connectivity index (χ0v) is 20.1. The van der Waals surface area contributed by atoms with E-state index in [0.29, 0.717) is 12.0 Å². The number of hydrogen-bond donors (Lipinski definition) is 2. The average Bonchev–Trinajstić information content (AvgIpc) is 2.93. The molecule has 1 amide bonds. The highest BCUT2D eigenvalue weighted by Crippen LogP contribution is 2.28. The van der Waals surface area contributed by atoms with Crippen LogP contribution in [0.4, 0.5) is 11.5 Å². The number of carbonyl (C=O) groups is 1. The summed E-state index contributed by atoms with van der Waals surface area (Å²) in [7, 11) is 0. The highest BCUT2D eigenvalue weighted by atomic mass is 16.2. The van der Waals surface area contributed by atoms with Gasteiger partial charge < -0.3 is 20.9 Å². The lowest BCUT2D eigenvalue weighted by Crippen LogP contribution is -2.42. The minimum absolute atomic E-state index is 0.110. The van der Waals surface area contributed by atoms with E-state index in [-0.39, 0.29) is 5.91 Å². The Balaban J connectivity index is 1.13. The van der Waals surface area contributed by atoms with E-state index in [9.17, 15) is 4.79 Å². The minimum Gasteiger partial charge on any atom is -0.398 e. The van der Waals surface area contributed by atoms with Crippen LogP contribution in [0.15, 0.2) is 67.1 Å². The van der Waals surface area contributed by atoms with Crippen molar-refractivity contribution in [1.29, 1.82) is 0 Å². The number of likely N-dealkylation sites (tertiary alicyclic amines) is 1. The number of nitrogens with zero attached hydrogens (tertiary/aromatic N) is 4. The lowest BCUT2D eigenvalue weighted by molar-refractivity contribution is 0.0713. The minimum atomic E-state index is 0.110. The Morgan fingerprint density at radius 1 is 0.943 bits per heavy atom. The molecule has 2 aliphatic rings. The van der Waals surface area contributed by atoms with Crippen LogP contribution in [0.1, 0.15) is 53.1 Å². The van der Waals surface area contributed by atoms with Gasteiger partial charge in [-0.3, -0.25) is 9.78 Å². The molecule has 0 spiro atoms. The number of hydrogen-bond acceptors (Lipinski definition) is 6. The maximum absolute atomic E-state index is 13.2. The van der Waals surface area contributed by atoms with Crippen LogP contribution in [-0.2, 0) is 6.54 Å². The lowest BCUT2D eigenvalue weighted by atomic mass is 9.90. The van der Waals surface area contributed by atoms with Crippen LogP contribution in [0.3, 0.4) is 0 Å². The normalized spacial score (nSPS) is 17.5. The van der Waals surface area contributed by atoms with Crippen LogP contribution in [0, 0.1) is 0 Å². The lowest BCUT2D eigenvalue weighted by Gasteiger charge is -2.34. The second kappa shape index (κ2) is 10.9. The van der Waals surface area contributed by atoms with E-state index < -0.39 is 0 Å². The molecule has 0 saturated carbocycles. The van der Waals surface area contributed by atoms with Gasteiger partial charge in [0.2, 0.25) is 0 Å². The van der Waals surface area contributed by atoms with Crippen molar-refractivity contribution in [1.82, 2.24) is 20.2 Å². The van der Waals surface area contributed by atoms with Crippen LogP contribution in [0.2, 0.25) is 0 Å². The van der Waals surface area contributed by atoms with E-state index in [0.717, 1.165) is 81.0 Å². The third kappa shape index (κ3) is 5.62. The monoisotopic (exact) mass is 470 g/mol. The summed E-state index contributed by atoms with van der Waals surface area (Å²) in [6.07, 6.45) is 9.53. The standard InChI is InChI=1S/C28H34N6O/c29-26-4-2-1-3-24(26)20-32-25-10-17-33(18-11-25)27-19-23(7-14-31-27)28(35)34-15-8-22(9-16-34)21-5-12-30-13-6-21/h1-7,12-14,19,22,25,32H,8-11,15-18,20,29H2. The molecule has 3 aromatic rings. The fraction of sp³-hybridized carbons (Fsp3) is 0.393. The Labute approximate surface area is 207 Å². The van der Waals surface area contributed by atoms with E-state index in [2.05, 4.69) is 38.4 Å². The predicted octanol–water partition coefficient (Wildman–Crippen LogP) is 3.84.